The molecule has 2 rings (SSSR count). The van der Waals surface area contributed by atoms with E-state index >= 15 is 0 Å². The fourth-order valence-corrected chi connectivity index (χ4v) is 2.09. The fraction of sp³-hybridized carbons (Fsp3) is 0.231. The summed E-state index contributed by atoms with van der Waals surface area (Å²) in [5, 5.41) is 4.07. The Labute approximate surface area is 123 Å². The number of esters is 1. The molecule has 0 amide bonds. The molecule has 2 aromatic rings. The van der Waals surface area contributed by atoms with Gasteiger partial charge in [0, 0.05) is 10.7 Å². The highest BCUT2D eigenvalue weighted by Crippen LogP contribution is 2.20. The number of halogens is 2. The zero-order chi connectivity index (χ0) is 14.7. The van der Waals surface area contributed by atoms with E-state index in [1.807, 2.05) is 0 Å². The number of benzene rings is 1. The number of nitrogens with two attached hydrogens (primary N) is 1. The molecule has 1 heterocycles. The molecule has 0 saturated heterocycles. The highest BCUT2D eigenvalue weighted by atomic mass is 79.9. The van der Waals surface area contributed by atoms with Crippen LogP contribution >= 0.6 is 15.9 Å². The van der Waals surface area contributed by atoms with Crippen molar-refractivity contribution < 1.29 is 13.9 Å². The molecule has 0 aliphatic carbocycles. The minimum atomic E-state index is -0.568. The number of nitrogen functional groups attached to an aromatic ring is 1. The maximum Gasteiger partial charge on any atom is 0.361 e. The molecule has 106 valence electrons. The van der Waals surface area contributed by atoms with Gasteiger partial charge in [-0.1, -0.05) is 15.9 Å². The Morgan fingerprint density at radius 1 is 1.55 bits per heavy atom. The quantitative estimate of drug-likeness (QED) is 0.867. The molecule has 0 bridgehead atoms. The maximum atomic E-state index is 13.2. The molecule has 0 atom stereocenters. The van der Waals surface area contributed by atoms with Crippen LogP contribution in [0.1, 0.15) is 23.0 Å². The molecule has 0 saturated carbocycles. The Balaban J connectivity index is 2.24. The topological polar surface area (TPSA) is 70.1 Å². The third-order valence-electron chi connectivity index (χ3n) is 2.60. The number of rotatable bonds is 4. The predicted octanol–water partition coefficient (Wildman–Crippen LogP) is 2.59. The van der Waals surface area contributed by atoms with Crippen molar-refractivity contribution >= 4 is 27.6 Å². The molecule has 20 heavy (non-hydrogen) atoms. The Hall–Kier alpha value is -1.89. The van der Waals surface area contributed by atoms with Crippen LogP contribution in [-0.2, 0) is 11.3 Å². The van der Waals surface area contributed by atoms with E-state index in [0.29, 0.717) is 12.1 Å². The van der Waals surface area contributed by atoms with E-state index < -0.39 is 5.97 Å². The molecule has 0 radical (unpaired) electrons. The van der Waals surface area contributed by atoms with Gasteiger partial charge in [0.25, 0.3) is 0 Å². The van der Waals surface area contributed by atoms with Gasteiger partial charge in [-0.2, -0.15) is 5.10 Å². The van der Waals surface area contributed by atoms with Gasteiger partial charge >= 0.3 is 5.97 Å². The number of nitrogens with zero attached hydrogens (tertiary/aromatic N) is 2. The molecule has 0 unspecified atom stereocenters. The Bertz CT molecular complexity index is 643. The molecule has 1 aromatic carbocycles. The van der Waals surface area contributed by atoms with Gasteiger partial charge in [-0.25, -0.2) is 9.18 Å². The molecule has 0 aliphatic heterocycles. The summed E-state index contributed by atoms with van der Waals surface area (Å²) >= 11 is 3.34. The maximum absolute atomic E-state index is 13.2. The van der Waals surface area contributed by atoms with Crippen molar-refractivity contribution in [2.45, 2.75) is 13.5 Å². The number of hydrogen-bond donors (Lipinski definition) is 1. The lowest BCUT2D eigenvalue weighted by atomic mass is 10.2. The van der Waals surface area contributed by atoms with Crippen molar-refractivity contribution in [1.82, 2.24) is 9.78 Å². The lowest BCUT2D eigenvalue weighted by Gasteiger charge is -2.04. The second kappa shape index (κ2) is 6.04. The van der Waals surface area contributed by atoms with Gasteiger partial charge < -0.3 is 10.5 Å². The summed E-state index contributed by atoms with van der Waals surface area (Å²) in [7, 11) is 0. The highest BCUT2D eigenvalue weighted by Gasteiger charge is 2.16. The first kappa shape index (κ1) is 14.5. The number of ether oxygens (including phenoxy) is 1. The highest BCUT2D eigenvalue weighted by molar-refractivity contribution is 9.10. The van der Waals surface area contributed by atoms with E-state index in [0.717, 1.165) is 4.47 Å². The largest absolute Gasteiger partial charge is 0.461 e. The van der Waals surface area contributed by atoms with E-state index in [4.69, 9.17) is 10.5 Å². The monoisotopic (exact) mass is 341 g/mol. The third-order valence-corrected chi connectivity index (χ3v) is 3.37. The summed E-state index contributed by atoms with van der Waals surface area (Å²) < 4.78 is 20.3. The van der Waals surface area contributed by atoms with Crippen molar-refractivity contribution in [3.63, 3.8) is 0 Å². The molecule has 0 aliphatic rings. The second-order valence-electron chi connectivity index (χ2n) is 4.09. The standard InChI is InChI=1S/C13H13BrFN3O2/c1-2-20-13(19)12-11(16)7-18(17-12)6-8-5-9(15)3-4-10(8)14/h3-5,7H,2,6,16H2,1H3. The summed E-state index contributed by atoms with van der Waals surface area (Å²) in [5.74, 6) is -0.906. The molecule has 0 spiro atoms. The van der Waals surface area contributed by atoms with E-state index in [1.165, 1.54) is 23.0 Å². The summed E-state index contributed by atoms with van der Waals surface area (Å²) in [6.07, 6.45) is 1.52. The summed E-state index contributed by atoms with van der Waals surface area (Å²) in [5.41, 5.74) is 6.72. The SMILES string of the molecule is CCOC(=O)c1nn(Cc2cc(F)ccc2Br)cc1N. The van der Waals surface area contributed by atoms with Gasteiger partial charge in [0.15, 0.2) is 5.69 Å². The van der Waals surface area contributed by atoms with Crippen LogP contribution < -0.4 is 5.73 Å². The lowest BCUT2D eigenvalue weighted by Crippen LogP contribution is -2.09. The Morgan fingerprint density at radius 2 is 2.30 bits per heavy atom. The number of carbonyl (C=O) groups excluding carboxylic acids is 1. The van der Waals surface area contributed by atoms with Crippen molar-refractivity contribution in [2.75, 3.05) is 12.3 Å². The average Bonchev–Trinajstić information content (AvgIpc) is 2.75. The minimum Gasteiger partial charge on any atom is -0.461 e. The Kier molecular flexibility index (Phi) is 4.39. The predicted molar refractivity (Wildman–Crippen MR) is 75.8 cm³/mol. The summed E-state index contributed by atoms with van der Waals surface area (Å²) in [6.45, 7) is 2.25. The first-order chi connectivity index (χ1) is 9.51. The first-order valence-corrected chi connectivity index (χ1v) is 6.74. The van der Waals surface area contributed by atoms with Crippen molar-refractivity contribution in [3.8, 4) is 0 Å². The van der Waals surface area contributed by atoms with Gasteiger partial charge in [-0.15, -0.1) is 0 Å². The Morgan fingerprint density at radius 3 is 3.00 bits per heavy atom. The van der Waals surface area contributed by atoms with Crippen LogP contribution in [0.3, 0.4) is 0 Å². The number of anilines is 1. The molecular weight excluding hydrogens is 329 g/mol. The van der Waals surface area contributed by atoms with Gasteiger partial charge in [0.05, 0.1) is 18.8 Å². The van der Waals surface area contributed by atoms with Gasteiger partial charge in [-0.3, -0.25) is 4.68 Å². The molecular formula is C13H13BrFN3O2. The van der Waals surface area contributed by atoms with Crippen LogP contribution in [0.4, 0.5) is 10.1 Å². The zero-order valence-corrected chi connectivity index (χ0v) is 12.4. The molecule has 2 N–H and O–H groups in total. The summed E-state index contributed by atoms with van der Waals surface area (Å²) in [4.78, 5) is 11.6. The van der Waals surface area contributed by atoms with Crippen molar-refractivity contribution in [3.05, 3.63) is 45.9 Å². The molecule has 0 fully saturated rings. The zero-order valence-electron chi connectivity index (χ0n) is 10.8. The van der Waals surface area contributed by atoms with Crippen LogP contribution in [-0.4, -0.2) is 22.4 Å². The number of hydrogen-bond acceptors (Lipinski definition) is 4. The summed E-state index contributed by atoms with van der Waals surface area (Å²) in [6, 6.07) is 4.37. The normalized spacial score (nSPS) is 10.6. The minimum absolute atomic E-state index is 0.0689. The smallest absolute Gasteiger partial charge is 0.361 e. The third kappa shape index (κ3) is 3.16. The van der Waals surface area contributed by atoms with E-state index in [9.17, 15) is 9.18 Å². The number of aromatic nitrogens is 2. The molecule has 5 nitrogen and oxygen atoms in total. The van der Waals surface area contributed by atoms with Gasteiger partial charge in [0.2, 0.25) is 0 Å². The van der Waals surface area contributed by atoms with Gasteiger partial charge in [-0.05, 0) is 30.7 Å². The van der Waals surface area contributed by atoms with Crippen LogP contribution in [0.5, 0.6) is 0 Å². The lowest BCUT2D eigenvalue weighted by molar-refractivity contribution is 0.0519. The van der Waals surface area contributed by atoms with Crippen LogP contribution in [0.25, 0.3) is 0 Å². The van der Waals surface area contributed by atoms with Crippen molar-refractivity contribution in [1.29, 1.82) is 0 Å². The van der Waals surface area contributed by atoms with E-state index in [1.54, 1.807) is 13.0 Å². The van der Waals surface area contributed by atoms with E-state index in [2.05, 4.69) is 21.0 Å². The number of carbonyl (C=O) groups is 1. The van der Waals surface area contributed by atoms with E-state index in [-0.39, 0.29) is 23.8 Å². The molecule has 7 heteroatoms. The molecule has 1 aromatic heterocycles. The second-order valence-corrected chi connectivity index (χ2v) is 4.94. The fourth-order valence-electron chi connectivity index (χ4n) is 1.71. The van der Waals surface area contributed by atoms with Crippen LogP contribution in [0, 0.1) is 5.82 Å². The van der Waals surface area contributed by atoms with Crippen LogP contribution in [0.15, 0.2) is 28.9 Å². The van der Waals surface area contributed by atoms with Crippen molar-refractivity contribution in [2.24, 2.45) is 0 Å². The van der Waals surface area contributed by atoms with Gasteiger partial charge in [0.1, 0.15) is 5.82 Å². The van der Waals surface area contributed by atoms with Crippen LogP contribution in [0.2, 0.25) is 0 Å². The average molecular weight is 342 g/mol. The first-order valence-electron chi connectivity index (χ1n) is 5.95.